The fraction of sp³-hybridized carbons (Fsp3) is 0.615. The molecule has 0 bridgehead atoms. The summed E-state index contributed by atoms with van der Waals surface area (Å²) in [6, 6.07) is 1.62. The first-order chi connectivity index (χ1) is 8.70. The van der Waals surface area contributed by atoms with Crippen molar-refractivity contribution < 1.29 is 9.90 Å². The Morgan fingerprint density at radius 3 is 2.78 bits per heavy atom. The van der Waals surface area contributed by atoms with E-state index in [0.717, 1.165) is 12.8 Å². The zero-order chi connectivity index (χ0) is 13.0. The number of H-pyrrole nitrogens is 1. The number of hydrogen-bond donors (Lipinski definition) is 4. The second kappa shape index (κ2) is 5.91. The van der Waals surface area contributed by atoms with Crippen molar-refractivity contribution in [1.82, 2.24) is 10.3 Å². The number of aromatic amines is 1. The monoisotopic (exact) mass is 251 g/mol. The maximum absolute atomic E-state index is 11.8. The molecule has 1 saturated carbocycles. The number of nitrogens with two attached hydrogens (primary N) is 1. The maximum Gasteiger partial charge on any atom is 0.267 e. The molecule has 2 unspecified atom stereocenters. The second-order valence-electron chi connectivity index (χ2n) is 5.04. The van der Waals surface area contributed by atoms with Crippen LogP contribution in [0.5, 0.6) is 0 Å². The van der Waals surface area contributed by atoms with Crippen molar-refractivity contribution in [3.05, 3.63) is 18.0 Å². The topological polar surface area (TPSA) is 91.1 Å². The van der Waals surface area contributed by atoms with Crippen LogP contribution in [0.25, 0.3) is 0 Å². The average molecular weight is 251 g/mol. The highest BCUT2D eigenvalue weighted by molar-refractivity contribution is 5.93. The Morgan fingerprint density at radius 2 is 2.17 bits per heavy atom. The lowest BCUT2D eigenvalue weighted by Crippen LogP contribution is -2.35. The van der Waals surface area contributed by atoms with E-state index in [9.17, 15) is 9.90 Å². The fourth-order valence-corrected chi connectivity index (χ4v) is 2.65. The van der Waals surface area contributed by atoms with Gasteiger partial charge in [0.05, 0.1) is 0 Å². The normalized spacial score (nSPS) is 23.8. The van der Waals surface area contributed by atoms with Gasteiger partial charge in [0, 0.05) is 25.0 Å². The molecule has 100 valence electrons. The molecule has 0 aromatic carbocycles. The van der Waals surface area contributed by atoms with Crippen LogP contribution < -0.4 is 11.1 Å². The van der Waals surface area contributed by atoms with Crippen LogP contribution in [0.15, 0.2) is 12.3 Å². The van der Waals surface area contributed by atoms with Crippen molar-refractivity contribution in [1.29, 1.82) is 0 Å². The zero-order valence-corrected chi connectivity index (χ0v) is 10.5. The van der Waals surface area contributed by atoms with Gasteiger partial charge in [-0.3, -0.25) is 4.79 Å². The van der Waals surface area contributed by atoms with Gasteiger partial charge in [-0.2, -0.15) is 0 Å². The number of anilines is 1. The van der Waals surface area contributed by atoms with Crippen LogP contribution in [0, 0.1) is 11.8 Å². The third kappa shape index (κ3) is 3.04. The number of nitrogens with one attached hydrogen (secondary N) is 2. The number of aliphatic hydroxyl groups excluding tert-OH is 1. The maximum atomic E-state index is 11.8. The van der Waals surface area contributed by atoms with E-state index < -0.39 is 0 Å². The van der Waals surface area contributed by atoms with Gasteiger partial charge in [-0.1, -0.05) is 12.8 Å². The highest BCUT2D eigenvalue weighted by Gasteiger charge is 2.24. The molecule has 1 aliphatic rings. The number of amides is 1. The molecule has 2 atom stereocenters. The van der Waals surface area contributed by atoms with Crippen LogP contribution >= 0.6 is 0 Å². The van der Waals surface area contributed by atoms with Crippen LogP contribution in [-0.4, -0.2) is 29.1 Å². The molecular formula is C13H21N3O2. The van der Waals surface area contributed by atoms with Crippen LogP contribution in [-0.2, 0) is 0 Å². The van der Waals surface area contributed by atoms with Crippen molar-refractivity contribution >= 4 is 11.6 Å². The molecule has 0 spiro atoms. The molecule has 5 N–H and O–H groups in total. The van der Waals surface area contributed by atoms with E-state index in [1.807, 2.05) is 0 Å². The largest absolute Gasteiger partial charge is 0.397 e. The second-order valence-corrected chi connectivity index (χ2v) is 5.04. The van der Waals surface area contributed by atoms with Crippen molar-refractivity contribution in [3.63, 3.8) is 0 Å². The quantitative estimate of drug-likeness (QED) is 0.646. The first kappa shape index (κ1) is 13.0. The number of hydrogen-bond acceptors (Lipinski definition) is 3. The minimum atomic E-state index is -0.131. The van der Waals surface area contributed by atoms with Gasteiger partial charge < -0.3 is 21.1 Å². The molecule has 1 amide bonds. The number of aromatic nitrogens is 1. The van der Waals surface area contributed by atoms with Crippen LogP contribution in [0.4, 0.5) is 5.69 Å². The van der Waals surface area contributed by atoms with Crippen molar-refractivity contribution in [2.45, 2.75) is 25.7 Å². The molecule has 0 saturated heterocycles. The Kier molecular flexibility index (Phi) is 4.25. The molecule has 5 heteroatoms. The number of carbonyl (C=O) groups is 1. The van der Waals surface area contributed by atoms with Gasteiger partial charge in [0.2, 0.25) is 0 Å². The summed E-state index contributed by atoms with van der Waals surface area (Å²) >= 11 is 0. The fourth-order valence-electron chi connectivity index (χ4n) is 2.65. The smallest absolute Gasteiger partial charge is 0.267 e. The molecule has 0 radical (unpaired) electrons. The van der Waals surface area contributed by atoms with Crippen molar-refractivity contribution in [2.75, 3.05) is 18.9 Å². The number of rotatable bonds is 4. The summed E-state index contributed by atoms with van der Waals surface area (Å²) in [5, 5.41) is 12.2. The minimum absolute atomic E-state index is 0.131. The van der Waals surface area contributed by atoms with Gasteiger partial charge in [0.1, 0.15) is 5.69 Å². The first-order valence-corrected chi connectivity index (χ1v) is 6.53. The SMILES string of the molecule is Nc1c[nH]c(C(=O)NCC2CCCCC2CO)c1. The van der Waals surface area contributed by atoms with Gasteiger partial charge in [-0.05, 0) is 30.7 Å². The Balaban J connectivity index is 1.85. The van der Waals surface area contributed by atoms with Crippen LogP contribution in [0.2, 0.25) is 0 Å². The lowest BCUT2D eigenvalue weighted by Gasteiger charge is -2.30. The molecule has 18 heavy (non-hydrogen) atoms. The molecule has 1 aliphatic carbocycles. The van der Waals surface area contributed by atoms with Gasteiger partial charge in [0.15, 0.2) is 0 Å². The van der Waals surface area contributed by atoms with Gasteiger partial charge in [-0.15, -0.1) is 0 Å². The Bertz CT molecular complexity index is 403. The third-order valence-corrected chi connectivity index (χ3v) is 3.78. The van der Waals surface area contributed by atoms with E-state index in [0.29, 0.717) is 29.8 Å². The molecule has 2 rings (SSSR count). The van der Waals surface area contributed by atoms with Gasteiger partial charge >= 0.3 is 0 Å². The van der Waals surface area contributed by atoms with Gasteiger partial charge in [-0.25, -0.2) is 0 Å². The average Bonchev–Trinajstić information content (AvgIpc) is 2.83. The number of nitrogen functional groups attached to an aromatic ring is 1. The Hall–Kier alpha value is -1.49. The third-order valence-electron chi connectivity index (χ3n) is 3.78. The van der Waals surface area contributed by atoms with E-state index in [4.69, 9.17) is 5.73 Å². The van der Waals surface area contributed by atoms with Crippen LogP contribution in [0.1, 0.15) is 36.2 Å². The number of aliphatic hydroxyl groups is 1. The lowest BCUT2D eigenvalue weighted by atomic mass is 9.79. The summed E-state index contributed by atoms with van der Waals surface area (Å²) < 4.78 is 0. The van der Waals surface area contributed by atoms with Crippen LogP contribution in [0.3, 0.4) is 0 Å². The van der Waals surface area contributed by atoms with E-state index in [-0.39, 0.29) is 12.5 Å². The van der Waals surface area contributed by atoms with E-state index in [1.54, 1.807) is 12.3 Å². The summed E-state index contributed by atoms with van der Waals surface area (Å²) in [6.45, 7) is 0.846. The predicted octanol–water partition coefficient (Wildman–Crippen LogP) is 1.13. The predicted molar refractivity (Wildman–Crippen MR) is 70.1 cm³/mol. The Morgan fingerprint density at radius 1 is 1.44 bits per heavy atom. The van der Waals surface area contributed by atoms with E-state index >= 15 is 0 Å². The summed E-state index contributed by atoms with van der Waals surface area (Å²) in [5.41, 5.74) is 6.61. The summed E-state index contributed by atoms with van der Waals surface area (Å²) in [4.78, 5) is 14.7. The zero-order valence-electron chi connectivity index (χ0n) is 10.5. The molecule has 1 heterocycles. The molecule has 1 aromatic heterocycles. The molecule has 1 fully saturated rings. The molecule has 5 nitrogen and oxygen atoms in total. The van der Waals surface area contributed by atoms with E-state index in [2.05, 4.69) is 10.3 Å². The summed E-state index contributed by atoms with van der Waals surface area (Å²) in [7, 11) is 0. The summed E-state index contributed by atoms with van der Waals surface area (Å²) in [6.07, 6.45) is 6.12. The molecule has 1 aromatic rings. The highest BCUT2D eigenvalue weighted by atomic mass is 16.3. The van der Waals surface area contributed by atoms with Crippen molar-refractivity contribution in [3.8, 4) is 0 Å². The van der Waals surface area contributed by atoms with Gasteiger partial charge in [0.25, 0.3) is 5.91 Å². The highest BCUT2D eigenvalue weighted by Crippen LogP contribution is 2.29. The number of carbonyl (C=O) groups excluding carboxylic acids is 1. The van der Waals surface area contributed by atoms with E-state index in [1.165, 1.54) is 12.8 Å². The molecular weight excluding hydrogens is 230 g/mol. The Labute approximate surface area is 107 Å². The standard InChI is InChI=1S/C13H21N3O2/c14-11-5-12(15-7-11)13(18)16-6-9-3-1-2-4-10(9)8-17/h5,7,9-10,15,17H,1-4,6,8,14H2,(H,16,18). The van der Waals surface area contributed by atoms with Crippen molar-refractivity contribution in [2.24, 2.45) is 11.8 Å². The molecule has 0 aliphatic heterocycles. The lowest BCUT2D eigenvalue weighted by molar-refractivity contribution is 0.0905. The first-order valence-electron chi connectivity index (χ1n) is 6.53. The minimum Gasteiger partial charge on any atom is -0.397 e. The summed E-state index contributed by atoms with van der Waals surface area (Å²) in [5.74, 6) is 0.585.